The number of anilines is 4. The van der Waals surface area contributed by atoms with Gasteiger partial charge in [-0.15, -0.1) is 0 Å². The van der Waals surface area contributed by atoms with Gasteiger partial charge in [-0.25, -0.2) is 4.98 Å². The largest absolute Gasteiger partial charge is 0.454 e. The lowest BCUT2D eigenvalue weighted by molar-refractivity contribution is 0.174. The first-order chi connectivity index (χ1) is 12.2. The average molecular weight is 375 g/mol. The molecule has 2 aromatic carbocycles. The number of benzene rings is 2. The van der Waals surface area contributed by atoms with E-state index < -0.39 is 0 Å². The van der Waals surface area contributed by atoms with Crippen molar-refractivity contribution in [1.82, 2.24) is 9.97 Å². The molecule has 25 heavy (non-hydrogen) atoms. The second-order valence-electron chi connectivity index (χ2n) is 5.18. The van der Waals surface area contributed by atoms with Crippen LogP contribution in [0.2, 0.25) is 10.0 Å². The van der Waals surface area contributed by atoms with Gasteiger partial charge in [-0.1, -0.05) is 29.3 Å². The van der Waals surface area contributed by atoms with Crippen molar-refractivity contribution in [3.05, 3.63) is 58.7 Å². The Kier molecular flexibility index (Phi) is 4.21. The maximum absolute atomic E-state index is 6.17. The Morgan fingerprint density at radius 1 is 0.920 bits per heavy atom. The van der Waals surface area contributed by atoms with Crippen LogP contribution >= 0.6 is 23.2 Å². The molecule has 1 aromatic heterocycles. The highest BCUT2D eigenvalue weighted by atomic mass is 35.5. The monoisotopic (exact) mass is 374 g/mol. The van der Waals surface area contributed by atoms with E-state index in [4.69, 9.17) is 32.7 Å². The zero-order valence-electron chi connectivity index (χ0n) is 12.8. The molecule has 0 fully saturated rings. The van der Waals surface area contributed by atoms with Crippen LogP contribution in [0, 0.1) is 0 Å². The van der Waals surface area contributed by atoms with Crippen LogP contribution in [0.4, 0.5) is 23.1 Å². The fourth-order valence-corrected chi connectivity index (χ4v) is 2.83. The summed E-state index contributed by atoms with van der Waals surface area (Å²) in [5.41, 5.74) is 1.38. The number of nitrogens with zero attached hydrogens (tertiary/aromatic N) is 2. The maximum atomic E-state index is 6.17. The van der Waals surface area contributed by atoms with Crippen LogP contribution in [0.15, 0.2) is 48.7 Å². The van der Waals surface area contributed by atoms with Crippen molar-refractivity contribution < 1.29 is 9.47 Å². The van der Waals surface area contributed by atoms with Crippen molar-refractivity contribution in [2.24, 2.45) is 0 Å². The normalized spacial score (nSPS) is 12.1. The second kappa shape index (κ2) is 6.66. The third kappa shape index (κ3) is 3.40. The second-order valence-corrected chi connectivity index (χ2v) is 5.99. The third-order valence-electron chi connectivity index (χ3n) is 3.50. The maximum Gasteiger partial charge on any atom is 0.231 e. The smallest absolute Gasteiger partial charge is 0.231 e. The Balaban J connectivity index is 1.55. The van der Waals surface area contributed by atoms with Crippen molar-refractivity contribution in [1.29, 1.82) is 0 Å². The van der Waals surface area contributed by atoms with E-state index in [9.17, 15) is 0 Å². The molecule has 8 heteroatoms. The van der Waals surface area contributed by atoms with Crippen LogP contribution in [-0.2, 0) is 0 Å². The highest BCUT2D eigenvalue weighted by molar-refractivity contribution is 6.39. The van der Waals surface area contributed by atoms with Gasteiger partial charge in [0.05, 0.1) is 15.7 Å². The molecule has 0 atom stereocenters. The fourth-order valence-electron chi connectivity index (χ4n) is 2.34. The number of para-hydroxylation sites is 1. The van der Waals surface area contributed by atoms with Gasteiger partial charge in [-0.3, -0.25) is 0 Å². The van der Waals surface area contributed by atoms with E-state index in [1.807, 2.05) is 18.2 Å². The van der Waals surface area contributed by atoms with Crippen LogP contribution in [0.25, 0.3) is 0 Å². The van der Waals surface area contributed by atoms with Crippen LogP contribution < -0.4 is 20.1 Å². The van der Waals surface area contributed by atoms with E-state index >= 15 is 0 Å². The summed E-state index contributed by atoms with van der Waals surface area (Å²) in [6.45, 7) is 0.229. The molecule has 6 nitrogen and oxygen atoms in total. The summed E-state index contributed by atoms with van der Waals surface area (Å²) in [7, 11) is 0. The van der Waals surface area contributed by atoms with E-state index in [1.54, 1.807) is 30.5 Å². The molecule has 1 aliphatic heterocycles. The van der Waals surface area contributed by atoms with Crippen LogP contribution in [0.1, 0.15) is 0 Å². The number of fused-ring (bicyclic) bond motifs is 1. The van der Waals surface area contributed by atoms with Crippen molar-refractivity contribution in [3.63, 3.8) is 0 Å². The van der Waals surface area contributed by atoms with E-state index in [-0.39, 0.29) is 6.79 Å². The summed E-state index contributed by atoms with van der Waals surface area (Å²) >= 11 is 12.3. The van der Waals surface area contributed by atoms with Crippen molar-refractivity contribution in [2.75, 3.05) is 17.4 Å². The summed E-state index contributed by atoms with van der Waals surface area (Å²) in [5.74, 6) is 2.39. The zero-order valence-corrected chi connectivity index (χ0v) is 14.3. The fraction of sp³-hybridized carbons (Fsp3) is 0.0588. The molecular weight excluding hydrogens is 363 g/mol. The Bertz CT molecular complexity index is 916. The lowest BCUT2D eigenvalue weighted by atomic mass is 10.3. The lowest BCUT2D eigenvalue weighted by Crippen LogP contribution is -2.01. The van der Waals surface area contributed by atoms with Crippen LogP contribution in [0.3, 0.4) is 0 Å². The molecule has 1 aliphatic rings. The summed E-state index contributed by atoms with van der Waals surface area (Å²) < 4.78 is 10.7. The quantitative estimate of drug-likeness (QED) is 0.669. The number of hydrogen-bond donors (Lipinski definition) is 2. The first-order valence-electron chi connectivity index (χ1n) is 7.40. The number of rotatable bonds is 4. The molecule has 2 N–H and O–H groups in total. The Hall–Kier alpha value is -2.70. The van der Waals surface area contributed by atoms with Gasteiger partial charge in [0, 0.05) is 18.0 Å². The molecule has 0 saturated carbocycles. The van der Waals surface area contributed by atoms with Gasteiger partial charge < -0.3 is 20.1 Å². The van der Waals surface area contributed by atoms with Crippen molar-refractivity contribution in [3.8, 4) is 11.5 Å². The van der Waals surface area contributed by atoms with E-state index in [0.29, 0.717) is 33.2 Å². The van der Waals surface area contributed by atoms with Crippen LogP contribution in [0.5, 0.6) is 11.5 Å². The lowest BCUT2D eigenvalue weighted by Gasteiger charge is -2.11. The van der Waals surface area contributed by atoms with Gasteiger partial charge in [0.15, 0.2) is 11.5 Å². The van der Waals surface area contributed by atoms with Gasteiger partial charge in [0.1, 0.15) is 5.82 Å². The first kappa shape index (κ1) is 15.8. The average Bonchev–Trinajstić information content (AvgIpc) is 3.06. The summed E-state index contributed by atoms with van der Waals surface area (Å²) in [5, 5.41) is 7.26. The summed E-state index contributed by atoms with van der Waals surface area (Å²) in [6.07, 6.45) is 1.63. The molecule has 126 valence electrons. The van der Waals surface area contributed by atoms with Crippen molar-refractivity contribution in [2.45, 2.75) is 0 Å². The Morgan fingerprint density at radius 3 is 2.56 bits per heavy atom. The van der Waals surface area contributed by atoms with Crippen LogP contribution in [-0.4, -0.2) is 16.8 Å². The number of hydrogen-bond acceptors (Lipinski definition) is 6. The number of ether oxygens (including phenoxy) is 2. The first-order valence-corrected chi connectivity index (χ1v) is 8.15. The molecular formula is C17H12Cl2N4O2. The van der Waals surface area contributed by atoms with Gasteiger partial charge in [0.25, 0.3) is 0 Å². The summed E-state index contributed by atoms with van der Waals surface area (Å²) in [4.78, 5) is 8.63. The number of nitrogens with one attached hydrogen (secondary N) is 2. The van der Waals surface area contributed by atoms with E-state index in [0.717, 1.165) is 11.4 Å². The molecule has 0 unspecified atom stereocenters. The molecule has 3 aromatic rings. The standard InChI is InChI=1S/C17H12Cl2N4O2/c18-11-2-1-3-12(19)16(11)22-15-6-7-20-17(23-15)21-10-4-5-13-14(8-10)25-9-24-13/h1-8H,9H2,(H2,20,21,22,23). The zero-order chi connectivity index (χ0) is 17.2. The van der Waals surface area contributed by atoms with Gasteiger partial charge in [-0.05, 0) is 30.3 Å². The Morgan fingerprint density at radius 2 is 1.72 bits per heavy atom. The predicted molar refractivity (Wildman–Crippen MR) is 97.6 cm³/mol. The highest BCUT2D eigenvalue weighted by Crippen LogP contribution is 2.35. The molecule has 4 rings (SSSR count). The SMILES string of the molecule is Clc1cccc(Cl)c1Nc1ccnc(Nc2ccc3c(c2)OCO3)n1. The molecule has 2 heterocycles. The van der Waals surface area contributed by atoms with Gasteiger partial charge >= 0.3 is 0 Å². The number of halogens is 2. The number of aromatic nitrogens is 2. The van der Waals surface area contributed by atoms with Crippen molar-refractivity contribution >= 4 is 46.3 Å². The van der Waals surface area contributed by atoms with E-state index in [1.165, 1.54) is 0 Å². The highest BCUT2D eigenvalue weighted by Gasteiger charge is 2.14. The minimum atomic E-state index is 0.229. The van der Waals surface area contributed by atoms with E-state index in [2.05, 4.69) is 20.6 Å². The summed E-state index contributed by atoms with van der Waals surface area (Å²) in [6, 6.07) is 12.5. The topological polar surface area (TPSA) is 68.3 Å². The molecule has 0 bridgehead atoms. The molecule has 0 amide bonds. The van der Waals surface area contributed by atoms with Gasteiger partial charge in [0.2, 0.25) is 12.7 Å². The predicted octanol–water partition coefficient (Wildman–Crippen LogP) is 5.00. The third-order valence-corrected chi connectivity index (χ3v) is 4.13. The molecule has 0 saturated heterocycles. The molecule has 0 radical (unpaired) electrons. The minimum Gasteiger partial charge on any atom is -0.454 e. The minimum absolute atomic E-state index is 0.229. The Labute approximate surface area is 153 Å². The molecule has 0 aliphatic carbocycles. The molecule has 0 spiro atoms. The van der Waals surface area contributed by atoms with Gasteiger partial charge in [-0.2, -0.15) is 4.98 Å².